The van der Waals surface area contributed by atoms with Gasteiger partial charge in [-0.15, -0.1) is 0 Å². The summed E-state index contributed by atoms with van der Waals surface area (Å²) in [5.41, 5.74) is 0. The molecule has 20 heavy (non-hydrogen) atoms. The second-order valence-electron chi connectivity index (χ2n) is 7.15. The van der Waals surface area contributed by atoms with E-state index in [1.54, 1.807) is 0 Å². The van der Waals surface area contributed by atoms with Crippen molar-refractivity contribution >= 4 is 0 Å². The second kappa shape index (κ2) is 8.35. The average molecular weight is 281 g/mol. The van der Waals surface area contributed by atoms with Crippen LogP contribution < -0.4 is 5.32 Å². The third kappa shape index (κ3) is 5.01. The summed E-state index contributed by atoms with van der Waals surface area (Å²) in [4.78, 5) is 5.20. The SMILES string of the molecule is CCNC1CCC(C)CC1CN(C)CCN1CCCC1. The number of hydrogen-bond donors (Lipinski definition) is 1. The predicted octanol–water partition coefficient (Wildman–Crippen LogP) is 2.43. The molecule has 0 spiro atoms. The van der Waals surface area contributed by atoms with Gasteiger partial charge in [0.1, 0.15) is 0 Å². The summed E-state index contributed by atoms with van der Waals surface area (Å²) < 4.78 is 0. The van der Waals surface area contributed by atoms with Crippen LogP contribution in [-0.4, -0.2) is 62.2 Å². The minimum Gasteiger partial charge on any atom is -0.314 e. The molecule has 3 atom stereocenters. The fourth-order valence-corrected chi connectivity index (χ4v) is 4.04. The largest absolute Gasteiger partial charge is 0.314 e. The van der Waals surface area contributed by atoms with E-state index < -0.39 is 0 Å². The van der Waals surface area contributed by atoms with Crippen LogP contribution in [0.25, 0.3) is 0 Å². The van der Waals surface area contributed by atoms with Gasteiger partial charge in [-0.3, -0.25) is 0 Å². The minimum atomic E-state index is 0.755. The van der Waals surface area contributed by atoms with Crippen LogP contribution in [0.1, 0.15) is 46.0 Å². The number of likely N-dealkylation sites (tertiary alicyclic amines) is 1. The molecule has 3 nitrogen and oxygen atoms in total. The first-order valence-corrected chi connectivity index (χ1v) is 8.83. The number of likely N-dealkylation sites (N-methyl/N-ethyl adjacent to an activating group) is 1. The lowest BCUT2D eigenvalue weighted by Crippen LogP contribution is -2.45. The molecule has 3 unspecified atom stereocenters. The Morgan fingerprint density at radius 3 is 2.65 bits per heavy atom. The van der Waals surface area contributed by atoms with Crippen molar-refractivity contribution in [2.45, 2.75) is 52.0 Å². The zero-order valence-electron chi connectivity index (χ0n) is 13.9. The normalized spacial score (nSPS) is 32.1. The van der Waals surface area contributed by atoms with Crippen molar-refractivity contribution in [1.29, 1.82) is 0 Å². The van der Waals surface area contributed by atoms with Gasteiger partial charge in [0.05, 0.1) is 0 Å². The van der Waals surface area contributed by atoms with Gasteiger partial charge in [0.15, 0.2) is 0 Å². The zero-order chi connectivity index (χ0) is 14.4. The van der Waals surface area contributed by atoms with Crippen LogP contribution in [0.2, 0.25) is 0 Å². The number of nitrogens with zero attached hydrogens (tertiary/aromatic N) is 2. The Bertz CT molecular complexity index is 263. The fraction of sp³-hybridized carbons (Fsp3) is 1.00. The van der Waals surface area contributed by atoms with Crippen LogP contribution >= 0.6 is 0 Å². The Hall–Kier alpha value is -0.120. The summed E-state index contributed by atoms with van der Waals surface area (Å²) in [5, 5.41) is 3.72. The molecule has 1 aliphatic carbocycles. The molecule has 2 rings (SSSR count). The van der Waals surface area contributed by atoms with Crippen LogP contribution in [-0.2, 0) is 0 Å². The molecule has 1 N–H and O–H groups in total. The highest BCUT2D eigenvalue weighted by Crippen LogP contribution is 2.29. The molecule has 0 aromatic rings. The first-order valence-electron chi connectivity index (χ1n) is 8.83. The van der Waals surface area contributed by atoms with E-state index in [-0.39, 0.29) is 0 Å². The Morgan fingerprint density at radius 2 is 1.95 bits per heavy atom. The first kappa shape index (κ1) is 16.3. The van der Waals surface area contributed by atoms with Gasteiger partial charge >= 0.3 is 0 Å². The van der Waals surface area contributed by atoms with Crippen molar-refractivity contribution in [1.82, 2.24) is 15.1 Å². The molecule has 0 radical (unpaired) electrons. The van der Waals surface area contributed by atoms with E-state index >= 15 is 0 Å². The maximum absolute atomic E-state index is 3.72. The van der Waals surface area contributed by atoms with Gasteiger partial charge in [-0.2, -0.15) is 0 Å². The van der Waals surface area contributed by atoms with Crippen LogP contribution in [0.4, 0.5) is 0 Å². The van der Waals surface area contributed by atoms with Gasteiger partial charge in [-0.05, 0) is 70.6 Å². The molecular formula is C17H35N3. The fourth-order valence-electron chi connectivity index (χ4n) is 4.04. The highest BCUT2D eigenvalue weighted by atomic mass is 15.2. The summed E-state index contributed by atoms with van der Waals surface area (Å²) in [6.07, 6.45) is 7.01. The standard InChI is InChI=1S/C17H35N3/c1-4-18-17-8-7-15(2)13-16(17)14-19(3)11-12-20-9-5-6-10-20/h15-18H,4-14H2,1-3H3. The number of hydrogen-bond acceptors (Lipinski definition) is 3. The van der Waals surface area contributed by atoms with Crippen LogP contribution in [0, 0.1) is 11.8 Å². The Labute approximate surface area is 126 Å². The summed E-state index contributed by atoms with van der Waals surface area (Å²) in [6.45, 7) is 12.2. The molecule has 1 saturated carbocycles. The Balaban J connectivity index is 1.73. The van der Waals surface area contributed by atoms with E-state index in [0.29, 0.717) is 0 Å². The van der Waals surface area contributed by atoms with Gasteiger partial charge < -0.3 is 15.1 Å². The topological polar surface area (TPSA) is 18.5 Å². The van der Waals surface area contributed by atoms with Gasteiger partial charge in [-0.25, -0.2) is 0 Å². The number of rotatable bonds is 7. The quantitative estimate of drug-likeness (QED) is 0.773. The van der Waals surface area contributed by atoms with Crippen molar-refractivity contribution in [3.8, 4) is 0 Å². The summed E-state index contributed by atoms with van der Waals surface area (Å²) in [7, 11) is 2.32. The molecule has 0 aromatic heterocycles. The summed E-state index contributed by atoms with van der Waals surface area (Å²) >= 11 is 0. The molecule has 0 aromatic carbocycles. The van der Waals surface area contributed by atoms with E-state index in [9.17, 15) is 0 Å². The maximum atomic E-state index is 3.72. The zero-order valence-corrected chi connectivity index (χ0v) is 13.9. The molecule has 2 aliphatic rings. The molecule has 2 fully saturated rings. The van der Waals surface area contributed by atoms with Crippen molar-refractivity contribution in [2.75, 3.05) is 46.3 Å². The average Bonchev–Trinajstić information content (AvgIpc) is 2.93. The lowest BCUT2D eigenvalue weighted by atomic mass is 9.78. The lowest BCUT2D eigenvalue weighted by molar-refractivity contribution is 0.153. The second-order valence-corrected chi connectivity index (χ2v) is 7.15. The minimum absolute atomic E-state index is 0.755. The Morgan fingerprint density at radius 1 is 1.20 bits per heavy atom. The maximum Gasteiger partial charge on any atom is 0.0109 e. The molecule has 1 heterocycles. The van der Waals surface area contributed by atoms with E-state index in [1.165, 1.54) is 64.8 Å². The third-order valence-electron chi connectivity index (χ3n) is 5.25. The molecular weight excluding hydrogens is 246 g/mol. The third-order valence-corrected chi connectivity index (χ3v) is 5.25. The predicted molar refractivity (Wildman–Crippen MR) is 87.1 cm³/mol. The van der Waals surface area contributed by atoms with Crippen molar-refractivity contribution in [2.24, 2.45) is 11.8 Å². The van der Waals surface area contributed by atoms with Crippen molar-refractivity contribution in [3.63, 3.8) is 0 Å². The molecule has 118 valence electrons. The summed E-state index contributed by atoms with van der Waals surface area (Å²) in [6, 6.07) is 0.755. The molecule has 1 saturated heterocycles. The Kier molecular flexibility index (Phi) is 6.79. The highest BCUT2D eigenvalue weighted by Gasteiger charge is 2.28. The molecule has 0 amide bonds. The molecule has 0 bridgehead atoms. The lowest BCUT2D eigenvalue weighted by Gasteiger charge is -2.37. The smallest absolute Gasteiger partial charge is 0.0109 e. The van der Waals surface area contributed by atoms with Crippen LogP contribution in [0.5, 0.6) is 0 Å². The van der Waals surface area contributed by atoms with Gasteiger partial charge in [-0.1, -0.05) is 13.8 Å². The van der Waals surface area contributed by atoms with Crippen LogP contribution in [0.3, 0.4) is 0 Å². The molecule has 1 aliphatic heterocycles. The van der Waals surface area contributed by atoms with Gasteiger partial charge in [0.2, 0.25) is 0 Å². The van der Waals surface area contributed by atoms with E-state index in [4.69, 9.17) is 0 Å². The highest BCUT2D eigenvalue weighted by molar-refractivity contribution is 4.85. The number of nitrogens with one attached hydrogen (secondary N) is 1. The van der Waals surface area contributed by atoms with Crippen molar-refractivity contribution < 1.29 is 0 Å². The van der Waals surface area contributed by atoms with E-state index in [0.717, 1.165) is 24.4 Å². The monoisotopic (exact) mass is 281 g/mol. The molecule has 3 heteroatoms. The van der Waals surface area contributed by atoms with E-state index in [1.807, 2.05) is 0 Å². The first-order chi connectivity index (χ1) is 9.69. The summed E-state index contributed by atoms with van der Waals surface area (Å²) in [5.74, 6) is 1.77. The van der Waals surface area contributed by atoms with E-state index in [2.05, 4.69) is 36.0 Å². The van der Waals surface area contributed by atoms with Gasteiger partial charge in [0.25, 0.3) is 0 Å². The van der Waals surface area contributed by atoms with Gasteiger partial charge in [0, 0.05) is 25.7 Å². The van der Waals surface area contributed by atoms with Crippen LogP contribution in [0.15, 0.2) is 0 Å². The van der Waals surface area contributed by atoms with Crippen molar-refractivity contribution in [3.05, 3.63) is 0 Å².